The molecule has 1 rings (SSSR count). The molecule has 1 aromatic rings. The van der Waals surface area contributed by atoms with Gasteiger partial charge >= 0.3 is 92.4 Å². The van der Waals surface area contributed by atoms with Gasteiger partial charge in [0.15, 0.2) is 0 Å². The van der Waals surface area contributed by atoms with E-state index in [1.54, 1.807) is 13.3 Å². The van der Waals surface area contributed by atoms with Crippen LogP contribution in [0.15, 0.2) is 24.3 Å². The predicted octanol–water partition coefficient (Wildman–Crippen LogP) is 7.40. The first-order valence-electron chi connectivity index (χ1n) is 9.92. The van der Waals surface area contributed by atoms with Crippen LogP contribution in [0.2, 0.25) is 13.3 Å². The van der Waals surface area contributed by atoms with E-state index in [9.17, 15) is 0 Å². The van der Waals surface area contributed by atoms with Crippen molar-refractivity contribution in [1.29, 1.82) is 0 Å². The summed E-state index contributed by atoms with van der Waals surface area (Å²) in [6.45, 7) is 13.6. The Hall–Kier alpha value is 0.0187. The Balaban J connectivity index is 0.000000433. The summed E-state index contributed by atoms with van der Waals surface area (Å²) in [5, 5.41) is 0. The zero-order valence-electron chi connectivity index (χ0n) is 16.8. The van der Waals surface area contributed by atoms with Gasteiger partial charge in [0.1, 0.15) is 0 Å². The first-order chi connectivity index (χ1) is 11.0. The third kappa shape index (κ3) is 13.0. The molecule has 0 saturated carbocycles. The molecule has 1 radical (unpaired) electrons. The summed E-state index contributed by atoms with van der Waals surface area (Å²) in [5.74, 6) is 0. The van der Waals surface area contributed by atoms with Gasteiger partial charge in [-0.25, -0.2) is 0 Å². The fourth-order valence-corrected chi connectivity index (χ4v) is 13.7. The van der Waals surface area contributed by atoms with Crippen LogP contribution in [0.5, 0.6) is 0 Å². The first kappa shape index (κ1) is 23.0. The molecule has 0 nitrogen and oxygen atoms in total. The van der Waals surface area contributed by atoms with Crippen LogP contribution >= 0.6 is 0 Å². The van der Waals surface area contributed by atoms with Crippen LogP contribution in [0.4, 0.5) is 0 Å². The SMILES string of the molecule is CC(C)(C)c1cc[c]cc1.CCC[CH2][SnH]([CH2]CCC)[CH2]CCC. The summed E-state index contributed by atoms with van der Waals surface area (Å²) in [6.07, 6.45) is 8.87. The molecule has 0 aliphatic heterocycles. The van der Waals surface area contributed by atoms with E-state index in [4.69, 9.17) is 0 Å². The summed E-state index contributed by atoms with van der Waals surface area (Å²) < 4.78 is 5.08. The number of benzene rings is 1. The molecule has 0 heterocycles. The van der Waals surface area contributed by atoms with E-state index in [1.807, 2.05) is 12.1 Å². The van der Waals surface area contributed by atoms with Gasteiger partial charge in [0, 0.05) is 0 Å². The second kappa shape index (κ2) is 14.4. The number of hydrogen-bond donors (Lipinski definition) is 0. The van der Waals surface area contributed by atoms with Gasteiger partial charge in [-0.1, -0.05) is 45.0 Å². The molecule has 1 aromatic carbocycles. The third-order valence-electron chi connectivity index (χ3n) is 4.48. The van der Waals surface area contributed by atoms with Crippen LogP contribution in [0, 0.1) is 6.07 Å². The second-order valence-corrected chi connectivity index (χ2v) is 17.7. The zero-order valence-corrected chi connectivity index (χ0v) is 20.0. The molecule has 0 aromatic heterocycles. The maximum absolute atomic E-state index is 3.00. The predicted molar refractivity (Wildman–Crippen MR) is 110 cm³/mol. The molecule has 0 fully saturated rings. The van der Waals surface area contributed by atoms with Crippen molar-refractivity contribution in [2.24, 2.45) is 0 Å². The molecule has 0 N–H and O–H groups in total. The van der Waals surface area contributed by atoms with E-state index in [2.05, 4.69) is 59.7 Å². The van der Waals surface area contributed by atoms with Crippen molar-refractivity contribution < 1.29 is 0 Å². The summed E-state index contributed by atoms with van der Waals surface area (Å²) >= 11 is -0.967. The Morgan fingerprint density at radius 1 is 0.783 bits per heavy atom. The average Bonchev–Trinajstić information content (AvgIpc) is 2.55. The molecule has 23 heavy (non-hydrogen) atoms. The van der Waals surface area contributed by atoms with Gasteiger partial charge < -0.3 is 0 Å². The van der Waals surface area contributed by atoms with Crippen molar-refractivity contribution >= 4 is 19.8 Å². The van der Waals surface area contributed by atoms with Crippen LogP contribution in [0.25, 0.3) is 0 Å². The van der Waals surface area contributed by atoms with E-state index < -0.39 is 19.8 Å². The molecule has 0 bridgehead atoms. The Kier molecular flexibility index (Phi) is 14.4. The molecule has 1 heteroatoms. The summed E-state index contributed by atoms with van der Waals surface area (Å²) in [6, 6.07) is 11.1. The second-order valence-electron chi connectivity index (χ2n) is 7.83. The third-order valence-corrected chi connectivity index (χ3v) is 15.0. The molecule has 0 atom stereocenters. The van der Waals surface area contributed by atoms with E-state index in [-0.39, 0.29) is 5.41 Å². The Bertz CT molecular complexity index is 331. The van der Waals surface area contributed by atoms with Gasteiger partial charge in [-0.2, -0.15) is 0 Å². The fraction of sp³-hybridized carbons (Fsp3) is 0.727. The van der Waals surface area contributed by atoms with Crippen molar-refractivity contribution in [3.8, 4) is 0 Å². The molecule has 0 saturated heterocycles. The topological polar surface area (TPSA) is 0 Å². The molecule has 0 unspecified atom stereocenters. The van der Waals surface area contributed by atoms with Crippen molar-refractivity contribution in [3.63, 3.8) is 0 Å². The summed E-state index contributed by atoms with van der Waals surface area (Å²) in [7, 11) is 0. The van der Waals surface area contributed by atoms with E-state index in [0.717, 1.165) is 0 Å². The molecular weight excluding hydrogens is 383 g/mol. The van der Waals surface area contributed by atoms with Crippen LogP contribution in [0.3, 0.4) is 0 Å². The molecule has 0 aliphatic rings. The van der Waals surface area contributed by atoms with E-state index in [0.29, 0.717) is 0 Å². The average molecular weight is 424 g/mol. The maximum atomic E-state index is 3.00. The number of hydrogen-bond acceptors (Lipinski definition) is 0. The molecule has 0 amide bonds. The van der Waals surface area contributed by atoms with Crippen LogP contribution < -0.4 is 0 Å². The monoisotopic (exact) mass is 425 g/mol. The van der Waals surface area contributed by atoms with Crippen molar-refractivity contribution in [2.45, 2.75) is 98.8 Å². The van der Waals surface area contributed by atoms with Crippen molar-refractivity contribution in [3.05, 3.63) is 35.9 Å². The van der Waals surface area contributed by atoms with Gasteiger partial charge in [-0.3, -0.25) is 0 Å². The van der Waals surface area contributed by atoms with Gasteiger partial charge in [-0.05, 0) is 17.0 Å². The first-order valence-corrected chi connectivity index (χ1v) is 16.9. The van der Waals surface area contributed by atoms with Crippen molar-refractivity contribution in [1.82, 2.24) is 0 Å². The molecule has 0 spiro atoms. The normalized spacial score (nSPS) is 11.3. The van der Waals surface area contributed by atoms with Crippen molar-refractivity contribution in [2.75, 3.05) is 0 Å². The summed E-state index contributed by atoms with van der Waals surface area (Å²) in [4.78, 5) is 0. The van der Waals surface area contributed by atoms with Crippen LogP contribution in [-0.2, 0) is 5.41 Å². The van der Waals surface area contributed by atoms with Gasteiger partial charge in [0.25, 0.3) is 0 Å². The Morgan fingerprint density at radius 3 is 1.43 bits per heavy atom. The van der Waals surface area contributed by atoms with E-state index >= 15 is 0 Å². The van der Waals surface area contributed by atoms with Gasteiger partial charge in [0.05, 0.1) is 0 Å². The zero-order chi connectivity index (χ0) is 17.6. The molecule has 133 valence electrons. The molecular formula is C22H41Sn. The van der Waals surface area contributed by atoms with Crippen LogP contribution in [-0.4, -0.2) is 19.8 Å². The van der Waals surface area contributed by atoms with E-state index in [1.165, 1.54) is 44.1 Å². The van der Waals surface area contributed by atoms with Gasteiger partial charge in [-0.15, -0.1) is 0 Å². The Labute approximate surface area is 154 Å². The minimum atomic E-state index is -0.967. The quantitative estimate of drug-likeness (QED) is 0.363. The minimum absolute atomic E-state index is 0.273. The fourth-order valence-electron chi connectivity index (χ4n) is 2.80. The number of rotatable bonds is 9. The van der Waals surface area contributed by atoms with Crippen LogP contribution in [0.1, 0.15) is 85.6 Å². The molecule has 0 aliphatic carbocycles. The van der Waals surface area contributed by atoms with Gasteiger partial charge in [0.2, 0.25) is 0 Å². The summed E-state index contributed by atoms with van der Waals surface area (Å²) in [5.41, 5.74) is 1.64. The standard InChI is InChI=1S/C10H13.3C4H9.Sn.H/c1-10(2,3)9-7-5-4-6-8-9;3*1-3-4-2;;/h5-8H,1-3H3;3*1,3-4H2,2H3;;. The number of unbranched alkanes of at least 4 members (excludes halogenated alkanes) is 3. The Morgan fingerprint density at radius 2 is 1.17 bits per heavy atom.